The lowest BCUT2D eigenvalue weighted by molar-refractivity contribution is 0.0664. The third kappa shape index (κ3) is 4.60. The number of piperazine rings is 1. The molecule has 7 nitrogen and oxygen atoms in total. The molecule has 0 saturated carbocycles. The first kappa shape index (κ1) is 21.5. The minimum atomic E-state index is -0.395. The van der Waals surface area contributed by atoms with E-state index in [1.165, 1.54) is 30.6 Å². The molecule has 1 aromatic heterocycles. The summed E-state index contributed by atoms with van der Waals surface area (Å²) in [5.74, 6) is -0.389. The van der Waals surface area contributed by atoms with Crippen LogP contribution in [0.2, 0.25) is 0 Å². The predicted molar refractivity (Wildman–Crippen MR) is 125 cm³/mol. The first-order valence-electron chi connectivity index (χ1n) is 10.3. The van der Waals surface area contributed by atoms with Crippen LogP contribution in [0.1, 0.15) is 15.9 Å². The summed E-state index contributed by atoms with van der Waals surface area (Å²) in [6.07, 6.45) is 2.76. The number of benzene rings is 2. The first-order chi connectivity index (χ1) is 15.4. The van der Waals surface area contributed by atoms with Gasteiger partial charge in [0.25, 0.3) is 11.5 Å². The van der Waals surface area contributed by atoms with Crippen molar-refractivity contribution in [2.24, 2.45) is 10.7 Å². The lowest BCUT2D eigenvalue weighted by Gasteiger charge is -2.32. The Morgan fingerprint density at radius 2 is 1.81 bits per heavy atom. The van der Waals surface area contributed by atoms with Crippen LogP contribution in [-0.4, -0.2) is 60.1 Å². The molecule has 2 heterocycles. The van der Waals surface area contributed by atoms with Crippen LogP contribution in [0.3, 0.4) is 0 Å². The molecule has 1 amide bonds. The smallest absolute Gasteiger partial charge is 0.256 e. The molecule has 0 atom stereocenters. The molecule has 1 aliphatic rings. The Balaban J connectivity index is 1.52. The molecule has 3 N–H and O–H groups in total. The Hall–Kier alpha value is -3.78. The van der Waals surface area contributed by atoms with Gasteiger partial charge in [0.1, 0.15) is 5.82 Å². The van der Waals surface area contributed by atoms with Gasteiger partial charge < -0.3 is 20.5 Å². The number of fused-ring (bicyclic) bond motifs is 1. The summed E-state index contributed by atoms with van der Waals surface area (Å²) in [6.45, 7) is 3.15. The number of carbonyl (C=O) groups excluding carboxylic acids is 1. The van der Waals surface area contributed by atoms with E-state index in [2.05, 4.69) is 14.9 Å². The summed E-state index contributed by atoms with van der Waals surface area (Å²) in [7, 11) is 2.04. The third-order valence-electron chi connectivity index (χ3n) is 5.55. The number of pyridine rings is 1. The molecule has 1 fully saturated rings. The van der Waals surface area contributed by atoms with Crippen LogP contribution < -0.4 is 11.3 Å². The van der Waals surface area contributed by atoms with E-state index in [1.807, 2.05) is 11.9 Å². The van der Waals surface area contributed by atoms with Crippen molar-refractivity contribution < 1.29 is 9.18 Å². The van der Waals surface area contributed by atoms with Crippen molar-refractivity contribution in [3.63, 3.8) is 0 Å². The number of allylic oxidation sites excluding steroid dienone is 1. The van der Waals surface area contributed by atoms with E-state index in [0.717, 1.165) is 13.1 Å². The van der Waals surface area contributed by atoms with Crippen molar-refractivity contribution in [3.05, 3.63) is 82.0 Å². The van der Waals surface area contributed by atoms with Gasteiger partial charge in [-0.1, -0.05) is 0 Å². The van der Waals surface area contributed by atoms with Crippen LogP contribution in [0.5, 0.6) is 0 Å². The number of hydrogen-bond donors (Lipinski definition) is 2. The summed E-state index contributed by atoms with van der Waals surface area (Å²) in [5.41, 5.74) is 7.83. The zero-order chi connectivity index (χ0) is 22.7. The maximum atomic E-state index is 13.6. The van der Waals surface area contributed by atoms with Crippen molar-refractivity contribution in [2.45, 2.75) is 0 Å². The number of aliphatic imine (C=N–C) groups is 1. The fourth-order valence-corrected chi connectivity index (χ4v) is 3.62. The molecule has 0 spiro atoms. The molecule has 0 unspecified atom stereocenters. The van der Waals surface area contributed by atoms with Crippen molar-refractivity contribution in [1.82, 2.24) is 14.8 Å². The first-order valence-corrected chi connectivity index (χ1v) is 10.3. The maximum Gasteiger partial charge on any atom is 0.256 e. The van der Waals surface area contributed by atoms with E-state index in [1.54, 1.807) is 30.3 Å². The highest BCUT2D eigenvalue weighted by molar-refractivity contribution is 6.11. The van der Waals surface area contributed by atoms with Gasteiger partial charge in [-0.05, 0) is 55.6 Å². The molecule has 0 radical (unpaired) electrons. The molecule has 164 valence electrons. The molecule has 4 rings (SSSR count). The number of aromatic nitrogens is 1. The molecular formula is C24H24FN5O2. The third-order valence-corrected chi connectivity index (χ3v) is 5.55. The number of likely N-dealkylation sites (N-methyl/N-ethyl adjacent to an activating group) is 1. The maximum absolute atomic E-state index is 13.6. The SMILES string of the molecule is CN1CCN(C(=O)c2ccc(N=CC(=CN)c3cc4cc(F)ccc4[nH]c3=O)cc2)CC1. The van der Waals surface area contributed by atoms with Gasteiger partial charge in [0.15, 0.2) is 0 Å². The van der Waals surface area contributed by atoms with Gasteiger partial charge in [0.2, 0.25) is 0 Å². The van der Waals surface area contributed by atoms with Crippen molar-refractivity contribution in [3.8, 4) is 0 Å². The predicted octanol–water partition coefficient (Wildman–Crippen LogP) is 2.76. The lowest BCUT2D eigenvalue weighted by atomic mass is 10.1. The summed E-state index contributed by atoms with van der Waals surface area (Å²) < 4.78 is 13.6. The molecule has 3 aromatic rings. The number of aromatic amines is 1. The highest BCUT2D eigenvalue weighted by Crippen LogP contribution is 2.19. The number of carbonyl (C=O) groups is 1. The molecule has 1 saturated heterocycles. The molecule has 1 aliphatic heterocycles. The Morgan fingerprint density at radius 1 is 1.09 bits per heavy atom. The van der Waals surface area contributed by atoms with Gasteiger partial charge in [-0.3, -0.25) is 14.6 Å². The van der Waals surface area contributed by atoms with E-state index in [4.69, 9.17) is 5.73 Å². The monoisotopic (exact) mass is 433 g/mol. The van der Waals surface area contributed by atoms with Crippen molar-refractivity contribution >= 4 is 34.3 Å². The number of halogens is 1. The number of hydrogen-bond acceptors (Lipinski definition) is 5. The van der Waals surface area contributed by atoms with E-state index in [-0.39, 0.29) is 17.0 Å². The second-order valence-electron chi connectivity index (χ2n) is 7.77. The number of nitrogens with zero attached hydrogens (tertiary/aromatic N) is 3. The second-order valence-corrected chi connectivity index (χ2v) is 7.77. The fourth-order valence-electron chi connectivity index (χ4n) is 3.62. The molecule has 0 aliphatic carbocycles. The van der Waals surface area contributed by atoms with Gasteiger partial charge in [0, 0.05) is 60.6 Å². The number of amides is 1. The molecular weight excluding hydrogens is 409 g/mol. The highest BCUT2D eigenvalue weighted by Gasteiger charge is 2.20. The minimum Gasteiger partial charge on any atom is -0.404 e. The Morgan fingerprint density at radius 3 is 2.50 bits per heavy atom. The second kappa shape index (κ2) is 9.15. The summed E-state index contributed by atoms with van der Waals surface area (Å²) in [6, 6.07) is 12.7. The normalized spacial score (nSPS) is 15.6. The zero-order valence-corrected chi connectivity index (χ0v) is 17.7. The van der Waals surface area contributed by atoms with Crippen LogP contribution >= 0.6 is 0 Å². The molecule has 0 bridgehead atoms. The van der Waals surface area contributed by atoms with Crippen molar-refractivity contribution in [1.29, 1.82) is 0 Å². The molecule has 32 heavy (non-hydrogen) atoms. The van der Waals surface area contributed by atoms with Gasteiger partial charge in [-0.2, -0.15) is 0 Å². The van der Waals surface area contributed by atoms with Gasteiger partial charge in [0.05, 0.1) is 11.3 Å². The summed E-state index contributed by atoms with van der Waals surface area (Å²) in [4.78, 5) is 36.3. The van der Waals surface area contributed by atoms with E-state index in [0.29, 0.717) is 40.8 Å². The number of nitrogens with two attached hydrogens (primary N) is 1. The fraction of sp³-hybridized carbons (Fsp3) is 0.208. The average Bonchev–Trinajstić information content (AvgIpc) is 2.80. The number of H-pyrrole nitrogens is 1. The number of nitrogens with one attached hydrogen (secondary N) is 1. The molecule has 2 aromatic carbocycles. The standard InChI is InChI=1S/C24H24FN5O2/c1-29-8-10-30(11-9-29)24(32)16-2-5-20(6-3-16)27-15-18(14-26)21-13-17-12-19(25)4-7-22(17)28-23(21)31/h2-7,12-15H,8-11,26H2,1H3,(H,28,31). The average molecular weight is 433 g/mol. The van der Waals surface area contributed by atoms with Crippen LogP contribution in [0.15, 0.2) is 64.5 Å². The Labute approximate surface area is 184 Å². The Kier molecular flexibility index (Phi) is 6.13. The van der Waals surface area contributed by atoms with Crippen LogP contribution in [0.25, 0.3) is 16.5 Å². The quantitative estimate of drug-likeness (QED) is 0.619. The minimum absolute atomic E-state index is 0.00565. The van der Waals surface area contributed by atoms with Gasteiger partial charge in [-0.25, -0.2) is 4.39 Å². The van der Waals surface area contributed by atoms with E-state index in [9.17, 15) is 14.0 Å². The van der Waals surface area contributed by atoms with Crippen LogP contribution in [-0.2, 0) is 0 Å². The van der Waals surface area contributed by atoms with Crippen LogP contribution in [0.4, 0.5) is 10.1 Å². The zero-order valence-electron chi connectivity index (χ0n) is 17.7. The van der Waals surface area contributed by atoms with Crippen molar-refractivity contribution in [2.75, 3.05) is 33.2 Å². The van der Waals surface area contributed by atoms with E-state index >= 15 is 0 Å². The molecule has 8 heteroatoms. The summed E-state index contributed by atoms with van der Waals surface area (Å²) >= 11 is 0. The Bertz CT molecular complexity index is 1260. The topological polar surface area (TPSA) is 94.8 Å². The van der Waals surface area contributed by atoms with Gasteiger partial charge in [-0.15, -0.1) is 0 Å². The summed E-state index contributed by atoms with van der Waals surface area (Å²) in [5, 5.41) is 0.555. The number of rotatable bonds is 4. The van der Waals surface area contributed by atoms with E-state index < -0.39 is 5.82 Å². The highest BCUT2D eigenvalue weighted by atomic mass is 19.1. The van der Waals surface area contributed by atoms with Crippen LogP contribution in [0, 0.1) is 5.82 Å². The largest absolute Gasteiger partial charge is 0.404 e. The lowest BCUT2D eigenvalue weighted by Crippen LogP contribution is -2.47. The van der Waals surface area contributed by atoms with Gasteiger partial charge >= 0.3 is 0 Å².